The number of amides is 2. The van der Waals surface area contributed by atoms with Crippen LogP contribution in [0.2, 0.25) is 5.02 Å². The molecule has 8 nitrogen and oxygen atoms in total. The Balaban J connectivity index is 1.51. The van der Waals surface area contributed by atoms with E-state index in [1.807, 2.05) is 19.1 Å². The number of halogens is 4. The topological polar surface area (TPSA) is 104 Å². The number of pyridine rings is 1. The number of hydrogen-bond donors (Lipinski definition) is 4. The molecule has 1 aromatic carbocycles. The van der Waals surface area contributed by atoms with E-state index in [-0.39, 0.29) is 12.2 Å². The molecule has 0 fully saturated rings. The number of nitrogens with zero attached hydrogens (tertiary/aromatic N) is 3. The number of aromatic nitrogens is 3. The van der Waals surface area contributed by atoms with Gasteiger partial charge in [-0.2, -0.15) is 13.2 Å². The van der Waals surface area contributed by atoms with Gasteiger partial charge in [0, 0.05) is 31.0 Å². The predicted octanol–water partition coefficient (Wildman–Crippen LogP) is 5.14. The summed E-state index contributed by atoms with van der Waals surface area (Å²) in [6.07, 6.45) is -2.93. The largest absolute Gasteiger partial charge is 0.417 e. The Hall–Kier alpha value is -3.60. The van der Waals surface area contributed by atoms with Gasteiger partial charge in [-0.1, -0.05) is 11.6 Å². The maximum Gasteiger partial charge on any atom is 0.417 e. The lowest BCUT2D eigenvalue weighted by atomic mass is 10.2. The maximum absolute atomic E-state index is 12.9. The summed E-state index contributed by atoms with van der Waals surface area (Å²) in [5.74, 6) is 2.27. The number of aryl methyl sites for hydroxylation is 2. The third kappa shape index (κ3) is 7.21. The molecule has 0 aliphatic heterocycles. The number of carbonyl (C=O) groups is 1. The molecule has 2 heterocycles. The van der Waals surface area contributed by atoms with Crippen LogP contribution in [-0.4, -0.2) is 34.1 Å². The van der Waals surface area contributed by atoms with Crippen LogP contribution in [0.15, 0.2) is 42.6 Å². The van der Waals surface area contributed by atoms with Crippen molar-refractivity contribution in [2.24, 2.45) is 0 Å². The molecule has 2 aromatic heterocycles. The molecular formula is C21H21ClF3N7O. The highest BCUT2D eigenvalue weighted by atomic mass is 35.5. The summed E-state index contributed by atoms with van der Waals surface area (Å²) < 4.78 is 38.8. The normalized spacial score (nSPS) is 11.1. The predicted molar refractivity (Wildman–Crippen MR) is 121 cm³/mol. The average molecular weight is 480 g/mol. The molecule has 0 aliphatic rings. The number of hydrogen-bond acceptors (Lipinski definition) is 6. The molecule has 0 atom stereocenters. The van der Waals surface area contributed by atoms with Crippen LogP contribution in [-0.2, 0) is 6.18 Å². The minimum Gasteiger partial charge on any atom is -0.368 e. The van der Waals surface area contributed by atoms with Gasteiger partial charge in [-0.15, -0.1) is 0 Å². The third-order valence-electron chi connectivity index (χ3n) is 4.26. The van der Waals surface area contributed by atoms with Crippen molar-refractivity contribution < 1.29 is 18.0 Å². The fraction of sp³-hybridized carbons (Fsp3) is 0.238. The van der Waals surface area contributed by atoms with Crippen LogP contribution in [0.5, 0.6) is 0 Å². The van der Waals surface area contributed by atoms with E-state index in [1.165, 1.54) is 6.07 Å². The lowest BCUT2D eigenvalue weighted by molar-refractivity contribution is -0.137. The highest BCUT2D eigenvalue weighted by molar-refractivity contribution is 6.31. The zero-order valence-corrected chi connectivity index (χ0v) is 18.5. The molecule has 174 valence electrons. The molecule has 0 radical (unpaired) electrons. The summed E-state index contributed by atoms with van der Waals surface area (Å²) >= 11 is 5.58. The van der Waals surface area contributed by atoms with Crippen molar-refractivity contribution >= 4 is 40.8 Å². The molecule has 3 rings (SSSR count). The lowest BCUT2D eigenvalue weighted by Crippen LogP contribution is -2.32. The van der Waals surface area contributed by atoms with Crippen molar-refractivity contribution in [3.8, 4) is 0 Å². The van der Waals surface area contributed by atoms with Crippen LogP contribution >= 0.6 is 11.6 Å². The zero-order valence-electron chi connectivity index (χ0n) is 17.7. The van der Waals surface area contributed by atoms with Gasteiger partial charge >= 0.3 is 12.2 Å². The number of benzene rings is 1. The molecule has 3 aromatic rings. The second kappa shape index (κ2) is 10.3. The van der Waals surface area contributed by atoms with E-state index in [0.29, 0.717) is 29.8 Å². The summed E-state index contributed by atoms with van der Waals surface area (Å²) in [6.45, 7) is 4.21. The van der Waals surface area contributed by atoms with Crippen LogP contribution in [0.4, 0.5) is 41.1 Å². The molecule has 0 spiro atoms. The number of carbonyl (C=O) groups excluding carboxylic acids is 1. The third-order valence-corrected chi connectivity index (χ3v) is 4.59. The van der Waals surface area contributed by atoms with E-state index in [9.17, 15) is 18.0 Å². The van der Waals surface area contributed by atoms with Gasteiger partial charge in [-0.05, 0) is 49.7 Å². The molecule has 0 aliphatic carbocycles. The summed E-state index contributed by atoms with van der Waals surface area (Å²) in [4.78, 5) is 24.8. The van der Waals surface area contributed by atoms with E-state index in [0.717, 1.165) is 17.7 Å². The monoisotopic (exact) mass is 479 g/mol. The van der Waals surface area contributed by atoms with Gasteiger partial charge in [-0.25, -0.2) is 19.7 Å². The summed E-state index contributed by atoms with van der Waals surface area (Å²) in [6, 6.07) is 7.96. The van der Waals surface area contributed by atoms with Crippen LogP contribution in [0.3, 0.4) is 0 Å². The number of anilines is 4. The molecule has 4 N–H and O–H groups in total. The smallest absolute Gasteiger partial charge is 0.368 e. The summed E-state index contributed by atoms with van der Waals surface area (Å²) in [5.41, 5.74) is 0.00586. The van der Waals surface area contributed by atoms with Crippen LogP contribution < -0.4 is 21.3 Å². The van der Waals surface area contributed by atoms with Gasteiger partial charge in [-0.3, -0.25) is 0 Å². The van der Waals surface area contributed by atoms with E-state index < -0.39 is 22.8 Å². The van der Waals surface area contributed by atoms with Gasteiger partial charge in [0.25, 0.3) is 0 Å². The first-order chi connectivity index (χ1) is 15.6. The summed E-state index contributed by atoms with van der Waals surface area (Å²) in [5, 5.41) is 10.6. The first kappa shape index (κ1) is 24.1. The molecule has 0 saturated carbocycles. The standard InChI is InChI=1S/C21H21ClF3N7O/c1-12-5-6-26-17(9-12)32-19-11-18(29-13(2)30-19)27-7-8-28-20(33)31-14-3-4-16(22)15(10-14)21(23,24)25/h3-6,9-11H,7-8H2,1-2H3,(H2,28,31,33)(H2,26,27,29,30,32). The lowest BCUT2D eigenvalue weighted by Gasteiger charge is -2.13. The minimum absolute atomic E-state index is 0.0240. The van der Waals surface area contributed by atoms with Gasteiger partial charge in [0.05, 0.1) is 10.6 Å². The minimum atomic E-state index is -4.62. The number of nitrogens with one attached hydrogen (secondary N) is 4. The van der Waals surface area contributed by atoms with Crippen molar-refractivity contribution in [3.05, 3.63) is 64.6 Å². The Morgan fingerprint density at radius 1 is 1.00 bits per heavy atom. The highest BCUT2D eigenvalue weighted by Crippen LogP contribution is 2.36. The number of alkyl halides is 3. The van der Waals surface area contributed by atoms with Crippen molar-refractivity contribution in [1.82, 2.24) is 20.3 Å². The fourth-order valence-electron chi connectivity index (χ4n) is 2.82. The first-order valence-electron chi connectivity index (χ1n) is 9.81. The molecule has 33 heavy (non-hydrogen) atoms. The number of rotatable bonds is 7. The van der Waals surface area contributed by atoms with Gasteiger partial charge in [0.1, 0.15) is 23.3 Å². The molecule has 0 saturated heterocycles. The second-order valence-corrected chi connectivity index (χ2v) is 7.44. The van der Waals surface area contributed by atoms with Gasteiger partial charge < -0.3 is 21.3 Å². The van der Waals surface area contributed by atoms with E-state index in [4.69, 9.17) is 11.6 Å². The average Bonchev–Trinajstić information content (AvgIpc) is 2.71. The highest BCUT2D eigenvalue weighted by Gasteiger charge is 2.33. The Labute approximate surface area is 193 Å². The van der Waals surface area contributed by atoms with Crippen LogP contribution in [0.1, 0.15) is 17.0 Å². The Bertz CT molecular complexity index is 1140. The Morgan fingerprint density at radius 3 is 2.48 bits per heavy atom. The molecule has 2 amide bonds. The molecule has 12 heteroatoms. The van der Waals surface area contributed by atoms with Gasteiger partial charge in [0.2, 0.25) is 0 Å². The van der Waals surface area contributed by atoms with E-state index >= 15 is 0 Å². The summed E-state index contributed by atoms with van der Waals surface area (Å²) in [7, 11) is 0. The first-order valence-corrected chi connectivity index (χ1v) is 10.2. The molecule has 0 unspecified atom stereocenters. The van der Waals surface area contributed by atoms with Crippen molar-refractivity contribution in [1.29, 1.82) is 0 Å². The second-order valence-electron chi connectivity index (χ2n) is 7.03. The SMILES string of the molecule is Cc1ccnc(Nc2cc(NCCNC(=O)Nc3ccc(Cl)c(C(F)(F)F)c3)nc(C)n2)c1. The molecule has 0 bridgehead atoms. The van der Waals surface area contributed by atoms with E-state index in [1.54, 1.807) is 19.2 Å². The van der Waals surface area contributed by atoms with Crippen molar-refractivity contribution in [2.45, 2.75) is 20.0 Å². The zero-order chi connectivity index (χ0) is 24.0. The van der Waals surface area contributed by atoms with Crippen molar-refractivity contribution in [2.75, 3.05) is 29.0 Å². The fourth-order valence-corrected chi connectivity index (χ4v) is 3.04. The maximum atomic E-state index is 12.9. The Morgan fingerprint density at radius 2 is 1.76 bits per heavy atom. The quantitative estimate of drug-likeness (QED) is 0.350. The molecular weight excluding hydrogens is 459 g/mol. The van der Waals surface area contributed by atoms with E-state index in [2.05, 4.69) is 36.2 Å². The number of urea groups is 1. The Kier molecular flexibility index (Phi) is 7.54. The van der Waals surface area contributed by atoms with Crippen molar-refractivity contribution in [3.63, 3.8) is 0 Å². The van der Waals surface area contributed by atoms with Crippen LogP contribution in [0, 0.1) is 13.8 Å². The van der Waals surface area contributed by atoms with Gasteiger partial charge in [0.15, 0.2) is 0 Å². The van der Waals surface area contributed by atoms with Crippen LogP contribution in [0.25, 0.3) is 0 Å².